The molecule has 16 heteroatoms. The summed E-state index contributed by atoms with van der Waals surface area (Å²) in [4.78, 5) is 0. The molecule has 0 aromatic carbocycles. The molecule has 0 N–H and O–H groups in total. The van der Waals surface area contributed by atoms with Crippen molar-refractivity contribution < 1.29 is 70.6 Å². The normalized spacial score (nSPS) is 27.4. The Bertz CT molecular complexity index is 506. The summed E-state index contributed by atoms with van der Waals surface area (Å²) in [6, 6.07) is 0. The van der Waals surface area contributed by atoms with Crippen molar-refractivity contribution in [3.05, 3.63) is 0 Å². The number of rotatable bonds is 5. The van der Waals surface area contributed by atoms with E-state index in [1.165, 1.54) is 0 Å². The van der Waals surface area contributed by atoms with Crippen LogP contribution in [0, 0.1) is 0 Å². The molecule has 0 bridgehead atoms. The molecule has 0 spiro atoms. The Morgan fingerprint density at radius 1 is 0.583 bits per heavy atom. The molecule has 0 aliphatic carbocycles. The average Bonchev–Trinajstić information content (AvgIpc) is 2.96. The van der Waals surface area contributed by atoms with Crippen LogP contribution < -0.4 is 0 Å². The van der Waals surface area contributed by atoms with Crippen molar-refractivity contribution in [2.45, 2.75) is 48.0 Å². The van der Waals surface area contributed by atoms with Gasteiger partial charge in [-0.3, -0.25) is 4.74 Å². The second-order valence-corrected chi connectivity index (χ2v) is 4.45. The molecule has 1 rings (SSSR count). The van der Waals surface area contributed by atoms with E-state index in [-0.39, 0.29) is 0 Å². The number of hydrogen-bond donors (Lipinski definition) is 0. The Morgan fingerprint density at radius 3 is 1.12 bits per heavy atom. The number of halogens is 15. The smallest absolute Gasteiger partial charge is 0.296 e. The van der Waals surface area contributed by atoms with Gasteiger partial charge in [-0.05, 0) is 0 Å². The first-order valence-corrected chi connectivity index (χ1v) is 5.09. The first-order chi connectivity index (χ1) is 10.1. The van der Waals surface area contributed by atoms with Gasteiger partial charge in [0.1, 0.15) is 0 Å². The topological polar surface area (TPSA) is 12.5 Å². The van der Waals surface area contributed by atoms with E-state index in [9.17, 15) is 65.9 Å². The van der Waals surface area contributed by atoms with Crippen molar-refractivity contribution in [1.82, 2.24) is 0 Å². The van der Waals surface area contributed by atoms with Crippen LogP contribution in [0.2, 0.25) is 0 Å². The van der Waals surface area contributed by atoms with Crippen LogP contribution in [0.3, 0.4) is 0 Å². The molecule has 0 aromatic heterocycles. The van der Waals surface area contributed by atoms with Crippen molar-refractivity contribution in [2.24, 2.45) is 0 Å². The van der Waals surface area contributed by atoms with Gasteiger partial charge in [-0.1, -0.05) is 0 Å². The highest BCUT2D eigenvalue weighted by atomic mass is 19.4. The number of hydrogen-bond acceptors (Lipinski definition) is 1. The number of ether oxygens (including phenoxy) is 1. The van der Waals surface area contributed by atoms with Crippen molar-refractivity contribution in [2.75, 3.05) is 0 Å². The van der Waals surface area contributed by atoms with Crippen LogP contribution in [0.5, 0.6) is 0 Å². The number of epoxide rings is 1. The standard InChI is InChI=1S/C8HF15O/c9-1-2(10,24-1)3(11,12)4(13,14)5(15,16)6(17,18)7(19,20)8(21,22)23/h1H/t1-,2+/m1/s1. The van der Waals surface area contributed by atoms with Gasteiger partial charge < -0.3 is 0 Å². The van der Waals surface area contributed by atoms with Gasteiger partial charge in [-0.25, -0.2) is 4.39 Å². The van der Waals surface area contributed by atoms with Gasteiger partial charge in [-0.2, -0.15) is 61.5 Å². The van der Waals surface area contributed by atoms with Crippen molar-refractivity contribution in [1.29, 1.82) is 0 Å². The lowest BCUT2D eigenvalue weighted by Crippen LogP contribution is -2.71. The second-order valence-electron chi connectivity index (χ2n) is 4.45. The molecule has 1 saturated heterocycles. The lowest BCUT2D eigenvalue weighted by molar-refractivity contribution is -0.446. The molecular formula is C8HF15O. The van der Waals surface area contributed by atoms with Gasteiger partial charge in [0.15, 0.2) is 0 Å². The summed E-state index contributed by atoms with van der Waals surface area (Å²) in [5, 5.41) is 0. The van der Waals surface area contributed by atoms with E-state index in [0.29, 0.717) is 0 Å². The van der Waals surface area contributed by atoms with E-state index in [1.807, 2.05) is 0 Å². The monoisotopic (exact) mass is 398 g/mol. The fraction of sp³-hybridized carbons (Fsp3) is 1.00. The van der Waals surface area contributed by atoms with Crippen LogP contribution >= 0.6 is 0 Å². The van der Waals surface area contributed by atoms with Crippen molar-refractivity contribution in [3.63, 3.8) is 0 Å². The van der Waals surface area contributed by atoms with E-state index in [0.717, 1.165) is 0 Å². The molecule has 0 radical (unpaired) electrons. The van der Waals surface area contributed by atoms with Gasteiger partial charge in [-0.15, -0.1) is 0 Å². The predicted molar refractivity (Wildman–Crippen MR) is 40.6 cm³/mol. The zero-order chi connectivity index (χ0) is 19.8. The number of alkyl halides is 15. The van der Waals surface area contributed by atoms with Gasteiger partial charge in [0.2, 0.25) is 0 Å². The van der Waals surface area contributed by atoms with Crippen molar-refractivity contribution in [3.8, 4) is 0 Å². The Labute approximate surface area is 120 Å². The van der Waals surface area contributed by atoms with E-state index in [2.05, 4.69) is 4.74 Å². The minimum atomic E-state index is -8.17. The van der Waals surface area contributed by atoms with Crippen LogP contribution in [0.4, 0.5) is 65.9 Å². The average molecular weight is 398 g/mol. The maximum Gasteiger partial charge on any atom is 0.460 e. The highest BCUT2D eigenvalue weighted by Gasteiger charge is 2.96. The van der Waals surface area contributed by atoms with E-state index in [1.54, 1.807) is 0 Å². The molecule has 0 saturated carbocycles. The second kappa shape index (κ2) is 4.75. The molecule has 0 unspecified atom stereocenters. The van der Waals surface area contributed by atoms with Gasteiger partial charge >= 0.3 is 41.6 Å². The summed E-state index contributed by atoms with van der Waals surface area (Å²) in [6.07, 6.45) is -11.6. The zero-order valence-electron chi connectivity index (χ0n) is 10.2. The fourth-order valence-electron chi connectivity index (χ4n) is 1.32. The summed E-state index contributed by atoms with van der Waals surface area (Å²) in [7, 11) is 0. The molecule has 0 aromatic rings. The molecule has 144 valence electrons. The summed E-state index contributed by atoms with van der Waals surface area (Å²) in [5.74, 6) is -45.0. The molecule has 1 heterocycles. The maximum absolute atomic E-state index is 12.9. The van der Waals surface area contributed by atoms with Crippen LogP contribution in [-0.2, 0) is 4.74 Å². The van der Waals surface area contributed by atoms with Crippen LogP contribution in [-0.4, -0.2) is 48.0 Å². The maximum atomic E-state index is 12.9. The van der Waals surface area contributed by atoms with Crippen LogP contribution in [0.15, 0.2) is 0 Å². The summed E-state index contributed by atoms with van der Waals surface area (Å²) in [5.41, 5.74) is 0. The SMILES string of the molecule is F[C@@H]1O[C@]1(F)C(F)(F)C(F)(F)C(F)(F)C(F)(F)C(F)(F)C(F)(F)F. The van der Waals surface area contributed by atoms with Gasteiger partial charge in [0.05, 0.1) is 0 Å². The lowest BCUT2D eigenvalue weighted by Gasteiger charge is -2.39. The Balaban J connectivity index is 3.46. The molecule has 1 fully saturated rings. The Kier molecular flexibility index (Phi) is 4.15. The highest BCUT2D eigenvalue weighted by molar-refractivity contribution is 5.16. The van der Waals surface area contributed by atoms with E-state index < -0.39 is 48.0 Å². The minimum Gasteiger partial charge on any atom is -0.296 e. The zero-order valence-corrected chi connectivity index (χ0v) is 10.2. The minimum absolute atomic E-state index is 2.56. The first-order valence-electron chi connectivity index (χ1n) is 5.09. The van der Waals surface area contributed by atoms with Crippen LogP contribution in [0.25, 0.3) is 0 Å². The fourth-order valence-corrected chi connectivity index (χ4v) is 1.32. The molecule has 2 atom stereocenters. The van der Waals surface area contributed by atoms with E-state index in [4.69, 9.17) is 0 Å². The predicted octanol–water partition coefficient (Wildman–Crippen LogP) is 4.72. The largest absolute Gasteiger partial charge is 0.460 e. The Morgan fingerprint density at radius 2 is 0.875 bits per heavy atom. The molecule has 24 heavy (non-hydrogen) atoms. The molecule has 1 nitrogen and oxygen atoms in total. The van der Waals surface area contributed by atoms with Crippen LogP contribution in [0.1, 0.15) is 0 Å². The molecule has 1 aliphatic heterocycles. The summed E-state index contributed by atoms with van der Waals surface area (Å²) < 4.78 is 190. The molecule has 0 amide bonds. The third-order valence-corrected chi connectivity index (χ3v) is 2.87. The molecular weight excluding hydrogens is 397 g/mol. The Hall–Kier alpha value is -1.09. The van der Waals surface area contributed by atoms with E-state index >= 15 is 0 Å². The summed E-state index contributed by atoms with van der Waals surface area (Å²) in [6.45, 7) is 0. The lowest BCUT2D eigenvalue weighted by atomic mass is 9.92. The first kappa shape index (κ1) is 21.0. The molecule has 1 aliphatic rings. The van der Waals surface area contributed by atoms with Gasteiger partial charge in [0, 0.05) is 0 Å². The van der Waals surface area contributed by atoms with Crippen molar-refractivity contribution >= 4 is 0 Å². The highest BCUT2D eigenvalue weighted by Crippen LogP contribution is 2.65. The third-order valence-electron chi connectivity index (χ3n) is 2.87. The summed E-state index contributed by atoms with van der Waals surface area (Å²) >= 11 is 0. The van der Waals surface area contributed by atoms with Gasteiger partial charge in [0.25, 0.3) is 6.36 Å². The third kappa shape index (κ3) is 2.16. The quantitative estimate of drug-likeness (QED) is 0.483.